The van der Waals surface area contributed by atoms with Crippen molar-refractivity contribution < 1.29 is 9.47 Å². The van der Waals surface area contributed by atoms with Crippen LogP contribution in [0.4, 0.5) is 5.69 Å². The molecule has 0 aromatic heterocycles. The zero-order valence-corrected chi connectivity index (χ0v) is 19.2. The quantitative estimate of drug-likeness (QED) is 0.575. The summed E-state index contributed by atoms with van der Waals surface area (Å²) in [5.74, 6) is 1.60. The third-order valence-corrected chi connectivity index (χ3v) is 6.81. The number of likely N-dealkylation sites (tertiary alicyclic amines) is 1. The van der Waals surface area contributed by atoms with E-state index in [4.69, 9.17) is 14.7 Å². The zero-order valence-electron chi connectivity index (χ0n) is 19.2. The molecule has 2 atom stereocenters. The fourth-order valence-electron chi connectivity index (χ4n) is 5.12. The van der Waals surface area contributed by atoms with Gasteiger partial charge in [-0.25, -0.2) is 0 Å². The van der Waals surface area contributed by atoms with Gasteiger partial charge in [-0.15, -0.1) is 0 Å². The lowest BCUT2D eigenvalue weighted by Crippen LogP contribution is -2.54. The minimum atomic E-state index is 0.681. The van der Waals surface area contributed by atoms with Crippen LogP contribution in [0.1, 0.15) is 30.4 Å². The number of benzene rings is 2. The largest absolute Gasteiger partial charge is 0.493 e. The predicted molar refractivity (Wildman–Crippen MR) is 127 cm³/mol. The van der Waals surface area contributed by atoms with Crippen molar-refractivity contribution in [3.05, 3.63) is 53.6 Å². The monoisotopic (exact) mass is 434 g/mol. The number of rotatable bonds is 10. The molecule has 2 saturated heterocycles. The summed E-state index contributed by atoms with van der Waals surface area (Å²) < 4.78 is 10.8. The average Bonchev–Trinajstić information content (AvgIpc) is 3.07. The van der Waals surface area contributed by atoms with Gasteiger partial charge < -0.3 is 19.7 Å². The summed E-state index contributed by atoms with van der Waals surface area (Å²) in [5.41, 5.74) is 3.09. The van der Waals surface area contributed by atoms with Crippen LogP contribution in [0.3, 0.4) is 0 Å². The van der Waals surface area contributed by atoms with Crippen LogP contribution in [0, 0.1) is 11.3 Å². The van der Waals surface area contributed by atoms with E-state index in [0.29, 0.717) is 17.6 Å². The van der Waals surface area contributed by atoms with E-state index in [1.807, 2.05) is 30.3 Å². The summed E-state index contributed by atoms with van der Waals surface area (Å²) in [6, 6.07) is 17.5. The molecule has 0 spiro atoms. The lowest BCUT2D eigenvalue weighted by atomic mass is 10.1. The number of methoxy groups -OCH3 is 2. The molecule has 2 aromatic rings. The first-order valence-corrected chi connectivity index (χ1v) is 11.6. The summed E-state index contributed by atoms with van der Waals surface area (Å²) in [6.45, 7) is 5.57. The lowest BCUT2D eigenvalue weighted by molar-refractivity contribution is 0.0678. The highest BCUT2D eigenvalue weighted by Gasteiger charge is 2.39. The molecular formula is C26H34N4O2. The Kier molecular flexibility index (Phi) is 7.51. The Labute approximate surface area is 191 Å². The van der Waals surface area contributed by atoms with Crippen LogP contribution >= 0.6 is 0 Å². The van der Waals surface area contributed by atoms with Crippen molar-refractivity contribution in [3.63, 3.8) is 0 Å². The maximum absolute atomic E-state index is 8.90. The summed E-state index contributed by atoms with van der Waals surface area (Å²) in [6.07, 6.45) is 4.81. The van der Waals surface area contributed by atoms with Crippen LogP contribution in [0.5, 0.6) is 11.5 Å². The van der Waals surface area contributed by atoms with E-state index < -0.39 is 0 Å². The first kappa shape index (κ1) is 22.4. The third kappa shape index (κ3) is 5.35. The van der Waals surface area contributed by atoms with Gasteiger partial charge in [0.25, 0.3) is 0 Å². The first-order chi connectivity index (χ1) is 15.7. The Morgan fingerprint density at radius 3 is 2.34 bits per heavy atom. The second-order valence-corrected chi connectivity index (χ2v) is 8.79. The Bertz CT molecular complexity index is 910. The van der Waals surface area contributed by atoms with E-state index in [1.165, 1.54) is 31.5 Å². The van der Waals surface area contributed by atoms with Crippen molar-refractivity contribution in [1.29, 1.82) is 5.26 Å². The number of ether oxygens (including phenoxy) is 2. The number of anilines is 1. The molecule has 2 aromatic carbocycles. The van der Waals surface area contributed by atoms with Gasteiger partial charge in [0.05, 0.1) is 25.9 Å². The van der Waals surface area contributed by atoms with E-state index >= 15 is 0 Å². The highest BCUT2D eigenvalue weighted by Crippen LogP contribution is 2.31. The maximum Gasteiger partial charge on any atom is 0.160 e. The molecule has 0 aliphatic carbocycles. The van der Waals surface area contributed by atoms with Gasteiger partial charge in [-0.1, -0.05) is 6.07 Å². The molecule has 6 heteroatoms. The molecule has 4 rings (SSSR count). The Morgan fingerprint density at radius 2 is 1.69 bits per heavy atom. The number of nitrogens with zero attached hydrogens (tertiary/aromatic N) is 3. The molecule has 2 aliphatic rings. The molecule has 0 saturated carbocycles. The molecule has 0 amide bonds. The van der Waals surface area contributed by atoms with Crippen molar-refractivity contribution in [2.75, 3.05) is 52.3 Å². The lowest BCUT2D eigenvalue weighted by Gasteiger charge is -2.41. The van der Waals surface area contributed by atoms with Crippen LogP contribution < -0.4 is 14.8 Å². The van der Waals surface area contributed by atoms with Crippen molar-refractivity contribution in [1.82, 2.24) is 9.80 Å². The first-order valence-electron chi connectivity index (χ1n) is 11.6. The summed E-state index contributed by atoms with van der Waals surface area (Å²) in [4.78, 5) is 5.39. The van der Waals surface area contributed by atoms with Gasteiger partial charge in [-0.05, 0) is 74.2 Å². The molecular weight excluding hydrogens is 400 g/mol. The van der Waals surface area contributed by atoms with E-state index in [0.717, 1.165) is 49.7 Å². The van der Waals surface area contributed by atoms with Gasteiger partial charge in [-0.2, -0.15) is 5.26 Å². The molecule has 32 heavy (non-hydrogen) atoms. The van der Waals surface area contributed by atoms with E-state index in [2.05, 4.69) is 33.3 Å². The van der Waals surface area contributed by atoms with Gasteiger partial charge in [-0.3, -0.25) is 4.90 Å². The van der Waals surface area contributed by atoms with Crippen molar-refractivity contribution >= 4 is 5.69 Å². The molecule has 2 fully saturated rings. The number of hydrogen-bond acceptors (Lipinski definition) is 6. The second-order valence-electron chi connectivity index (χ2n) is 8.79. The molecule has 2 bridgehead atoms. The minimum absolute atomic E-state index is 0.681. The van der Waals surface area contributed by atoms with Crippen LogP contribution in [-0.2, 0) is 6.42 Å². The van der Waals surface area contributed by atoms with Crippen molar-refractivity contribution in [2.45, 2.75) is 37.8 Å². The summed E-state index contributed by atoms with van der Waals surface area (Å²) in [5, 5.41) is 12.4. The van der Waals surface area contributed by atoms with Crippen molar-refractivity contribution in [3.8, 4) is 17.6 Å². The third-order valence-electron chi connectivity index (χ3n) is 6.81. The van der Waals surface area contributed by atoms with Gasteiger partial charge >= 0.3 is 0 Å². The Hall–Kier alpha value is -2.75. The number of fused-ring (bicyclic) bond motifs is 2. The molecule has 0 radical (unpaired) electrons. The fourth-order valence-corrected chi connectivity index (χ4v) is 5.12. The fraction of sp³-hybridized carbons (Fsp3) is 0.500. The standard InChI is InChI=1S/C26H34N4O2/c1-31-25-11-6-20(16-26(25)32-2)12-15-30-23-9-10-24(30)19-29(18-23)14-3-13-28-22-7-4-21(17-27)5-8-22/h4-8,11,16,23-24,28H,3,9-10,12-15,18-19H2,1-2H3. The number of hydrogen-bond donors (Lipinski definition) is 1. The average molecular weight is 435 g/mol. The highest BCUT2D eigenvalue weighted by atomic mass is 16.5. The van der Waals surface area contributed by atoms with Crippen molar-refractivity contribution in [2.24, 2.45) is 0 Å². The van der Waals surface area contributed by atoms with Gasteiger partial charge in [0.15, 0.2) is 11.5 Å². The molecule has 170 valence electrons. The van der Waals surface area contributed by atoms with Crippen LogP contribution in [0.25, 0.3) is 0 Å². The van der Waals surface area contributed by atoms with Gasteiger partial charge in [0.2, 0.25) is 0 Å². The summed E-state index contributed by atoms with van der Waals surface area (Å²) >= 11 is 0. The minimum Gasteiger partial charge on any atom is -0.493 e. The van der Waals surface area contributed by atoms with E-state index in [-0.39, 0.29) is 0 Å². The SMILES string of the molecule is COc1ccc(CCN2C3CCC2CN(CCCNc2ccc(C#N)cc2)C3)cc1OC. The highest BCUT2D eigenvalue weighted by molar-refractivity contribution is 5.47. The Morgan fingerprint density at radius 1 is 0.969 bits per heavy atom. The summed E-state index contributed by atoms with van der Waals surface area (Å²) in [7, 11) is 3.37. The maximum atomic E-state index is 8.90. The van der Waals surface area contributed by atoms with Crippen LogP contribution in [0.15, 0.2) is 42.5 Å². The topological polar surface area (TPSA) is 60.8 Å². The Balaban J connectivity index is 1.21. The van der Waals surface area contributed by atoms with E-state index in [9.17, 15) is 0 Å². The van der Waals surface area contributed by atoms with Gasteiger partial charge in [0.1, 0.15) is 0 Å². The molecule has 2 unspecified atom stereocenters. The molecule has 2 heterocycles. The van der Waals surface area contributed by atoms with Crippen LogP contribution in [-0.4, -0.2) is 68.8 Å². The predicted octanol–water partition coefficient (Wildman–Crippen LogP) is 3.77. The number of nitriles is 1. The van der Waals surface area contributed by atoms with E-state index in [1.54, 1.807) is 14.2 Å². The van der Waals surface area contributed by atoms with Gasteiger partial charge in [0, 0.05) is 44.0 Å². The smallest absolute Gasteiger partial charge is 0.160 e. The number of piperazine rings is 1. The normalized spacial score (nSPS) is 20.7. The molecule has 1 N–H and O–H groups in total. The second kappa shape index (κ2) is 10.7. The molecule has 6 nitrogen and oxygen atoms in total. The number of nitrogens with one attached hydrogen (secondary N) is 1. The molecule has 2 aliphatic heterocycles. The van der Waals surface area contributed by atoms with Crippen LogP contribution in [0.2, 0.25) is 0 Å². The zero-order chi connectivity index (χ0) is 22.3.